The number of benzene rings is 1. The maximum absolute atomic E-state index is 14.9. The standard InChI is InChI=1S/C19H23FN4O4S/c1-28-14-8-12(9-14)10-18-21-5-7-23(18)13-2-3-17(15(20)11-13)24-6-4-16(19(24)25)22-29(26)27/h2-3,5,7,11-12,14,16,22H,4,6,8-10H2,1H3,(H,26,27). The number of methoxy groups -OCH3 is 1. The van der Waals surface area contributed by atoms with Crippen LogP contribution >= 0.6 is 0 Å². The van der Waals surface area contributed by atoms with Crippen molar-refractivity contribution in [1.29, 1.82) is 0 Å². The molecule has 1 saturated heterocycles. The number of aromatic nitrogens is 2. The third-order valence-electron chi connectivity index (χ3n) is 5.66. The minimum Gasteiger partial charge on any atom is -0.381 e. The Morgan fingerprint density at radius 1 is 1.41 bits per heavy atom. The fourth-order valence-electron chi connectivity index (χ4n) is 4.03. The number of hydrogen-bond acceptors (Lipinski definition) is 4. The van der Waals surface area contributed by atoms with Gasteiger partial charge in [-0.05, 0) is 37.3 Å². The van der Waals surface area contributed by atoms with Gasteiger partial charge in [0.25, 0.3) is 0 Å². The Morgan fingerprint density at radius 3 is 2.90 bits per heavy atom. The molecule has 2 heterocycles. The van der Waals surface area contributed by atoms with E-state index in [2.05, 4.69) is 9.71 Å². The lowest BCUT2D eigenvalue weighted by Crippen LogP contribution is -2.39. The van der Waals surface area contributed by atoms with Crippen molar-refractivity contribution in [3.8, 4) is 5.69 Å². The van der Waals surface area contributed by atoms with Crippen LogP contribution in [0.3, 0.4) is 0 Å². The topological polar surface area (TPSA) is 96.7 Å². The molecule has 2 aromatic rings. The second-order valence-corrected chi connectivity index (χ2v) is 8.18. The van der Waals surface area contributed by atoms with E-state index in [0.29, 0.717) is 24.1 Å². The molecule has 1 aromatic carbocycles. The molecule has 29 heavy (non-hydrogen) atoms. The number of halogens is 1. The fourth-order valence-corrected chi connectivity index (χ4v) is 4.49. The first-order chi connectivity index (χ1) is 14.0. The molecular weight excluding hydrogens is 399 g/mol. The molecule has 4 rings (SSSR count). The summed E-state index contributed by atoms with van der Waals surface area (Å²) in [5.41, 5.74) is 0.800. The zero-order chi connectivity index (χ0) is 20.5. The number of hydrogen-bond donors (Lipinski definition) is 2. The second kappa shape index (κ2) is 8.31. The van der Waals surface area contributed by atoms with Crippen LogP contribution in [0.5, 0.6) is 0 Å². The van der Waals surface area contributed by atoms with Crippen molar-refractivity contribution in [2.45, 2.75) is 37.8 Å². The van der Waals surface area contributed by atoms with Gasteiger partial charge >= 0.3 is 0 Å². The van der Waals surface area contributed by atoms with Gasteiger partial charge in [-0.15, -0.1) is 0 Å². The molecule has 156 valence electrons. The Hall–Kier alpha value is -2.14. The van der Waals surface area contributed by atoms with Gasteiger partial charge in [-0.1, -0.05) is 0 Å². The van der Waals surface area contributed by atoms with Gasteiger partial charge < -0.3 is 14.2 Å². The van der Waals surface area contributed by atoms with Crippen molar-refractivity contribution in [2.75, 3.05) is 18.6 Å². The Bertz CT molecular complexity index is 931. The van der Waals surface area contributed by atoms with Crippen molar-refractivity contribution in [2.24, 2.45) is 5.92 Å². The molecular formula is C19H23FN4O4S. The zero-order valence-corrected chi connectivity index (χ0v) is 16.8. The highest BCUT2D eigenvalue weighted by Gasteiger charge is 2.35. The van der Waals surface area contributed by atoms with E-state index in [0.717, 1.165) is 25.1 Å². The molecule has 1 aliphatic heterocycles. The van der Waals surface area contributed by atoms with Crippen molar-refractivity contribution >= 4 is 22.9 Å². The molecule has 2 aliphatic rings. The fraction of sp³-hybridized carbons (Fsp3) is 0.474. The van der Waals surface area contributed by atoms with Crippen LogP contribution in [-0.4, -0.2) is 50.0 Å². The van der Waals surface area contributed by atoms with E-state index in [9.17, 15) is 13.4 Å². The predicted molar refractivity (Wildman–Crippen MR) is 105 cm³/mol. The summed E-state index contributed by atoms with van der Waals surface area (Å²) in [5, 5.41) is 0. The number of rotatable bonds is 7. The first-order valence-electron chi connectivity index (χ1n) is 9.49. The normalized spacial score (nSPS) is 25.3. The molecule has 0 spiro atoms. The number of carbonyl (C=O) groups is 1. The van der Waals surface area contributed by atoms with E-state index in [1.807, 2.05) is 4.57 Å². The van der Waals surface area contributed by atoms with Gasteiger partial charge in [-0.25, -0.2) is 18.3 Å². The van der Waals surface area contributed by atoms with Gasteiger partial charge in [0.05, 0.1) is 11.8 Å². The number of carbonyl (C=O) groups excluding carboxylic acids is 1. The monoisotopic (exact) mass is 422 g/mol. The van der Waals surface area contributed by atoms with Gasteiger partial charge in [-0.3, -0.25) is 9.35 Å². The second-order valence-electron chi connectivity index (χ2n) is 7.45. The molecule has 2 N–H and O–H groups in total. The predicted octanol–water partition coefficient (Wildman–Crippen LogP) is 1.81. The average Bonchev–Trinajstić information content (AvgIpc) is 3.25. The van der Waals surface area contributed by atoms with E-state index in [1.165, 1.54) is 11.0 Å². The molecule has 0 radical (unpaired) electrons. The molecule has 2 fully saturated rings. The average molecular weight is 422 g/mol. The van der Waals surface area contributed by atoms with E-state index >= 15 is 0 Å². The number of nitrogens with one attached hydrogen (secondary N) is 1. The number of nitrogens with zero attached hydrogens (tertiary/aromatic N) is 3. The van der Waals surface area contributed by atoms with E-state index < -0.39 is 29.0 Å². The van der Waals surface area contributed by atoms with Crippen LogP contribution in [0.25, 0.3) is 5.69 Å². The van der Waals surface area contributed by atoms with Crippen molar-refractivity contribution in [3.63, 3.8) is 0 Å². The number of amides is 1. The van der Waals surface area contributed by atoms with Gasteiger partial charge in [0.2, 0.25) is 17.2 Å². The number of anilines is 1. The molecule has 2 unspecified atom stereocenters. The van der Waals surface area contributed by atoms with Crippen LogP contribution in [0.1, 0.15) is 25.1 Å². The summed E-state index contributed by atoms with van der Waals surface area (Å²) in [6.45, 7) is 0.280. The molecule has 1 aliphatic carbocycles. The summed E-state index contributed by atoms with van der Waals surface area (Å²) in [4.78, 5) is 18.1. The summed E-state index contributed by atoms with van der Waals surface area (Å²) in [7, 11) is 1.72. The highest BCUT2D eigenvalue weighted by Crippen LogP contribution is 2.33. The highest BCUT2D eigenvalue weighted by molar-refractivity contribution is 7.77. The van der Waals surface area contributed by atoms with E-state index in [-0.39, 0.29) is 12.2 Å². The van der Waals surface area contributed by atoms with Gasteiger partial charge in [-0.2, -0.15) is 0 Å². The third-order valence-corrected chi connectivity index (χ3v) is 6.15. The highest BCUT2D eigenvalue weighted by atomic mass is 32.2. The van der Waals surface area contributed by atoms with Crippen molar-refractivity contribution < 1.29 is 22.7 Å². The largest absolute Gasteiger partial charge is 0.381 e. The van der Waals surface area contributed by atoms with Crippen LogP contribution in [0.2, 0.25) is 0 Å². The lowest BCUT2D eigenvalue weighted by Gasteiger charge is -2.33. The van der Waals surface area contributed by atoms with Crippen LogP contribution in [-0.2, 0) is 27.2 Å². The first kappa shape index (κ1) is 20.1. The number of ether oxygens (including phenoxy) is 1. The van der Waals surface area contributed by atoms with Gasteiger partial charge in [0.1, 0.15) is 17.7 Å². The van der Waals surface area contributed by atoms with Gasteiger partial charge in [0.15, 0.2) is 0 Å². The molecule has 1 saturated carbocycles. The van der Waals surface area contributed by atoms with Crippen LogP contribution in [0.4, 0.5) is 10.1 Å². The minimum atomic E-state index is -2.29. The van der Waals surface area contributed by atoms with Crippen molar-refractivity contribution in [1.82, 2.24) is 14.3 Å². The van der Waals surface area contributed by atoms with E-state index in [4.69, 9.17) is 9.29 Å². The first-order valence-corrected chi connectivity index (χ1v) is 10.6. The minimum absolute atomic E-state index is 0.162. The van der Waals surface area contributed by atoms with E-state index in [1.54, 1.807) is 31.6 Å². The Balaban J connectivity index is 1.50. The lowest BCUT2D eigenvalue weighted by molar-refractivity contribution is -0.118. The van der Waals surface area contributed by atoms with Crippen LogP contribution in [0, 0.1) is 11.7 Å². The van der Waals surface area contributed by atoms with Crippen LogP contribution in [0.15, 0.2) is 30.6 Å². The van der Waals surface area contributed by atoms with Crippen molar-refractivity contribution in [3.05, 3.63) is 42.2 Å². The maximum atomic E-state index is 14.9. The molecule has 1 aromatic heterocycles. The summed E-state index contributed by atoms with van der Waals surface area (Å²) < 4.78 is 44.1. The molecule has 0 bridgehead atoms. The molecule has 2 atom stereocenters. The molecule has 1 amide bonds. The number of imidazole rings is 1. The lowest BCUT2D eigenvalue weighted by atomic mass is 9.80. The molecule has 10 heteroatoms. The molecule has 8 nitrogen and oxygen atoms in total. The smallest absolute Gasteiger partial charge is 0.245 e. The Labute approximate surface area is 170 Å². The van der Waals surface area contributed by atoms with Crippen LogP contribution < -0.4 is 9.62 Å². The summed E-state index contributed by atoms with van der Waals surface area (Å²) in [6.07, 6.45) is 6.95. The third kappa shape index (κ3) is 4.11. The zero-order valence-electron chi connectivity index (χ0n) is 16.0. The van der Waals surface area contributed by atoms with Gasteiger partial charge in [0, 0.05) is 44.2 Å². The SMILES string of the molecule is COC1CC(Cc2nccn2-c2ccc(N3CCC(NS(=O)O)C3=O)c(F)c2)C1. The summed E-state index contributed by atoms with van der Waals surface area (Å²) in [6, 6.07) is 3.91. The Kier molecular flexibility index (Phi) is 5.77. The summed E-state index contributed by atoms with van der Waals surface area (Å²) in [5.74, 6) is 0.432. The maximum Gasteiger partial charge on any atom is 0.245 e. The summed E-state index contributed by atoms with van der Waals surface area (Å²) >= 11 is -2.29. The quantitative estimate of drug-likeness (QED) is 0.664. The Morgan fingerprint density at radius 2 is 2.21 bits per heavy atom.